The van der Waals surface area contributed by atoms with Crippen LogP contribution >= 0.6 is 0 Å². The average molecular weight is 222 g/mol. The quantitative estimate of drug-likeness (QED) is 0.637. The molecule has 6 unspecified atom stereocenters. The minimum Gasteiger partial charge on any atom is -0.366 e. The van der Waals surface area contributed by atoms with Gasteiger partial charge >= 0.3 is 0 Å². The van der Waals surface area contributed by atoms with Gasteiger partial charge in [0.15, 0.2) is 0 Å². The van der Waals surface area contributed by atoms with Crippen molar-refractivity contribution < 1.29 is 9.47 Å². The van der Waals surface area contributed by atoms with Crippen LogP contribution in [0.3, 0.4) is 0 Å². The molecule has 0 N–H and O–H groups in total. The summed E-state index contributed by atoms with van der Waals surface area (Å²) in [5.74, 6) is 1.67. The van der Waals surface area contributed by atoms with E-state index in [2.05, 4.69) is 13.8 Å². The monoisotopic (exact) mass is 222 g/mol. The highest BCUT2D eigenvalue weighted by Crippen LogP contribution is 2.60. The third-order valence-corrected chi connectivity index (χ3v) is 5.77. The van der Waals surface area contributed by atoms with Gasteiger partial charge in [0.05, 0.1) is 23.4 Å². The summed E-state index contributed by atoms with van der Waals surface area (Å²) in [6.07, 6.45) is 9.24. The van der Waals surface area contributed by atoms with Gasteiger partial charge in [-0.3, -0.25) is 0 Å². The van der Waals surface area contributed by atoms with E-state index >= 15 is 0 Å². The fraction of sp³-hybridized carbons (Fsp3) is 1.00. The number of hydrogen-bond acceptors (Lipinski definition) is 2. The average Bonchev–Trinajstić information content (AvgIpc) is 3.03. The SMILES string of the molecule is CC12CC(C3CCC4OC43C)CCCC1O2. The summed E-state index contributed by atoms with van der Waals surface area (Å²) >= 11 is 0. The Morgan fingerprint density at radius 1 is 0.938 bits per heavy atom. The second-order valence-electron chi connectivity index (χ2n) is 6.79. The molecule has 6 atom stereocenters. The van der Waals surface area contributed by atoms with Crippen LogP contribution in [0.15, 0.2) is 0 Å². The molecule has 0 bridgehead atoms. The molecule has 0 spiro atoms. The maximum absolute atomic E-state index is 5.89. The molecule has 90 valence electrons. The number of rotatable bonds is 1. The zero-order valence-corrected chi connectivity index (χ0v) is 10.4. The Hall–Kier alpha value is -0.0800. The molecule has 4 aliphatic rings. The van der Waals surface area contributed by atoms with Crippen molar-refractivity contribution in [2.24, 2.45) is 11.8 Å². The molecule has 2 saturated carbocycles. The molecule has 2 nitrogen and oxygen atoms in total. The molecule has 0 aromatic carbocycles. The van der Waals surface area contributed by atoms with Crippen molar-refractivity contribution in [2.75, 3.05) is 0 Å². The summed E-state index contributed by atoms with van der Waals surface area (Å²) in [6.45, 7) is 4.66. The van der Waals surface area contributed by atoms with Gasteiger partial charge in [0.2, 0.25) is 0 Å². The van der Waals surface area contributed by atoms with Gasteiger partial charge in [-0.25, -0.2) is 0 Å². The summed E-state index contributed by atoms with van der Waals surface area (Å²) in [6, 6.07) is 0. The Labute approximate surface area is 97.7 Å². The van der Waals surface area contributed by atoms with Crippen molar-refractivity contribution in [2.45, 2.75) is 75.8 Å². The van der Waals surface area contributed by atoms with Crippen LogP contribution in [0.25, 0.3) is 0 Å². The molecule has 0 amide bonds. The van der Waals surface area contributed by atoms with E-state index in [9.17, 15) is 0 Å². The van der Waals surface area contributed by atoms with Crippen molar-refractivity contribution in [1.29, 1.82) is 0 Å². The molecule has 0 aromatic rings. The predicted octanol–water partition coefficient (Wildman–Crippen LogP) is 2.90. The Morgan fingerprint density at radius 2 is 1.81 bits per heavy atom. The number of fused-ring (bicyclic) bond motifs is 2. The molecule has 0 aromatic heterocycles. The van der Waals surface area contributed by atoms with Gasteiger partial charge in [-0.05, 0) is 57.8 Å². The minimum absolute atomic E-state index is 0.241. The van der Waals surface area contributed by atoms with Crippen LogP contribution in [0.1, 0.15) is 52.4 Å². The van der Waals surface area contributed by atoms with E-state index in [4.69, 9.17) is 9.47 Å². The van der Waals surface area contributed by atoms with E-state index in [0.717, 1.165) is 11.8 Å². The zero-order chi connectivity index (χ0) is 11.0. The zero-order valence-electron chi connectivity index (χ0n) is 10.4. The molecule has 4 fully saturated rings. The molecule has 4 rings (SSSR count). The highest BCUT2D eigenvalue weighted by Gasteiger charge is 2.65. The summed E-state index contributed by atoms with van der Waals surface area (Å²) in [5, 5.41) is 0. The fourth-order valence-corrected chi connectivity index (χ4v) is 4.63. The number of hydrogen-bond donors (Lipinski definition) is 0. The van der Waals surface area contributed by atoms with Gasteiger partial charge in [-0.15, -0.1) is 0 Å². The van der Waals surface area contributed by atoms with Gasteiger partial charge in [0.25, 0.3) is 0 Å². The van der Waals surface area contributed by atoms with Crippen molar-refractivity contribution >= 4 is 0 Å². The Kier molecular flexibility index (Phi) is 1.76. The normalized spacial score (nSPS) is 63.4. The van der Waals surface area contributed by atoms with E-state index in [0.29, 0.717) is 12.2 Å². The lowest BCUT2D eigenvalue weighted by Crippen LogP contribution is -2.29. The summed E-state index contributed by atoms with van der Waals surface area (Å²) in [4.78, 5) is 0. The van der Waals surface area contributed by atoms with Gasteiger partial charge in [-0.1, -0.05) is 6.42 Å². The van der Waals surface area contributed by atoms with Crippen molar-refractivity contribution in [1.82, 2.24) is 0 Å². The Bertz CT molecular complexity index is 327. The Balaban J connectivity index is 1.54. The minimum atomic E-state index is 0.241. The van der Waals surface area contributed by atoms with Gasteiger partial charge in [-0.2, -0.15) is 0 Å². The standard InChI is InChI=1S/C14H22O2/c1-13-8-9(4-3-5-11(13)15-13)10-6-7-12-14(10,2)16-12/h9-12H,3-8H2,1-2H3. The third kappa shape index (κ3) is 1.20. The molecule has 2 saturated heterocycles. The number of epoxide rings is 2. The van der Waals surface area contributed by atoms with Crippen molar-refractivity contribution in [3.63, 3.8) is 0 Å². The largest absolute Gasteiger partial charge is 0.366 e. The van der Waals surface area contributed by atoms with Crippen LogP contribution in [0.5, 0.6) is 0 Å². The first kappa shape index (κ1) is 9.90. The van der Waals surface area contributed by atoms with E-state index in [1.165, 1.54) is 38.5 Å². The van der Waals surface area contributed by atoms with Gasteiger partial charge in [0, 0.05) is 0 Å². The highest BCUT2D eigenvalue weighted by molar-refractivity contribution is 5.13. The van der Waals surface area contributed by atoms with Crippen LogP contribution in [0.4, 0.5) is 0 Å². The molecule has 0 radical (unpaired) electrons. The van der Waals surface area contributed by atoms with Crippen LogP contribution in [-0.2, 0) is 9.47 Å². The molecular formula is C14H22O2. The van der Waals surface area contributed by atoms with E-state index in [1.54, 1.807) is 0 Å². The number of ether oxygens (including phenoxy) is 2. The molecule has 2 aliphatic heterocycles. The molecule has 2 heterocycles. The summed E-state index contributed by atoms with van der Waals surface area (Å²) in [5.41, 5.74) is 0.500. The smallest absolute Gasteiger partial charge is 0.0951 e. The maximum Gasteiger partial charge on any atom is 0.0951 e. The molecule has 16 heavy (non-hydrogen) atoms. The molecule has 2 heteroatoms. The van der Waals surface area contributed by atoms with Crippen molar-refractivity contribution in [3.8, 4) is 0 Å². The predicted molar refractivity (Wildman–Crippen MR) is 61.2 cm³/mol. The first-order valence-electron chi connectivity index (χ1n) is 6.97. The van der Waals surface area contributed by atoms with E-state index in [1.807, 2.05) is 0 Å². The first-order valence-corrected chi connectivity index (χ1v) is 6.97. The highest BCUT2D eigenvalue weighted by atomic mass is 16.6. The lowest BCUT2D eigenvalue weighted by atomic mass is 9.77. The van der Waals surface area contributed by atoms with Crippen LogP contribution < -0.4 is 0 Å². The summed E-state index contributed by atoms with van der Waals surface area (Å²) < 4.78 is 11.8. The van der Waals surface area contributed by atoms with Crippen molar-refractivity contribution in [3.05, 3.63) is 0 Å². The molecular weight excluding hydrogens is 200 g/mol. The second kappa shape index (κ2) is 2.84. The van der Waals surface area contributed by atoms with Crippen LogP contribution in [0.2, 0.25) is 0 Å². The Morgan fingerprint density at radius 3 is 2.50 bits per heavy atom. The maximum atomic E-state index is 5.89. The lowest BCUT2D eigenvalue weighted by Gasteiger charge is -2.28. The topological polar surface area (TPSA) is 25.1 Å². The lowest BCUT2D eigenvalue weighted by molar-refractivity contribution is 0.117. The van der Waals surface area contributed by atoms with E-state index < -0.39 is 0 Å². The second-order valence-corrected chi connectivity index (χ2v) is 6.79. The molecule has 2 aliphatic carbocycles. The van der Waals surface area contributed by atoms with Crippen LogP contribution in [0, 0.1) is 11.8 Å². The van der Waals surface area contributed by atoms with Gasteiger partial charge < -0.3 is 9.47 Å². The first-order chi connectivity index (χ1) is 7.62. The van der Waals surface area contributed by atoms with Crippen LogP contribution in [-0.4, -0.2) is 23.4 Å². The summed E-state index contributed by atoms with van der Waals surface area (Å²) in [7, 11) is 0. The third-order valence-electron chi connectivity index (χ3n) is 5.77. The van der Waals surface area contributed by atoms with E-state index in [-0.39, 0.29) is 11.2 Å². The van der Waals surface area contributed by atoms with Gasteiger partial charge in [0.1, 0.15) is 0 Å². The fourth-order valence-electron chi connectivity index (χ4n) is 4.63.